The Labute approximate surface area is 86.8 Å². The molecule has 3 nitrogen and oxygen atoms in total. The highest BCUT2D eigenvalue weighted by Crippen LogP contribution is 2.13. The monoisotopic (exact) mass is 206 g/mol. The van der Waals surface area contributed by atoms with Crippen molar-refractivity contribution in [2.45, 2.75) is 12.1 Å². The van der Waals surface area contributed by atoms with Gasteiger partial charge < -0.3 is 0 Å². The molecule has 0 radical (unpaired) electrons. The Hall–Kier alpha value is -1.29. The van der Waals surface area contributed by atoms with E-state index in [4.69, 9.17) is 0 Å². The summed E-state index contributed by atoms with van der Waals surface area (Å²) in [5, 5.41) is 1.11. The van der Waals surface area contributed by atoms with Crippen LogP contribution in [-0.2, 0) is 7.05 Å². The lowest BCUT2D eigenvalue weighted by atomic mass is 10.1. The van der Waals surface area contributed by atoms with Gasteiger partial charge in [0.2, 0.25) is 0 Å². The van der Waals surface area contributed by atoms with E-state index in [9.17, 15) is 4.79 Å². The van der Waals surface area contributed by atoms with E-state index in [1.165, 1.54) is 4.57 Å². The van der Waals surface area contributed by atoms with E-state index in [-0.39, 0.29) is 5.56 Å². The molecule has 1 aromatic carbocycles. The second kappa shape index (κ2) is 3.13. The lowest BCUT2D eigenvalue weighted by molar-refractivity contribution is 0.729. The topological polar surface area (TPSA) is 34.9 Å². The van der Waals surface area contributed by atoms with Crippen LogP contribution in [0.4, 0.5) is 0 Å². The van der Waals surface area contributed by atoms with Gasteiger partial charge in [0, 0.05) is 7.05 Å². The summed E-state index contributed by atoms with van der Waals surface area (Å²) < 4.78 is 1.44. The Balaban J connectivity index is 3.07. The van der Waals surface area contributed by atoms with Crippen LogP contribution in [0.2, 0.25) is 0 Å². The smallest absolute Gasteiger partial charge is 0.262 e. The van der Waals surface area contributed by atoms with Gasteiger partial charge in [0.05, 0.1) is 10.9 Å². The molecule has 0 atom stereocenters. The van der Waals surface area contributed by atoms with Crippen molar-refractivity contribution in [3.05, 3.63) is 34.1 Å². The van der Waals surface area contributed by atoms with Gasteiger partial charge in [-0.3, -0.25) is 9.36 Å². The summed E-state index contributed by atoms with van der Waals surface area (Å²) in [5.41, 5.74) is 1.61. The van der Waals surface area contributed by atoms with Crippen molar-refractivity contribution in [2.75, 3.05) is 0 Å². The zero-order valence-electron chi connectivity index (χ0n) is 7.98. The first-order chi connectivity index (χ1) is 6.61. The molecule has 4 heteroatoms. The molecule has 0 aliphatic carbocycles. The number of hydrogen-bond donors (Lipinski definition) is 1. The molecule has 0 aliphatic rings. The fraction of sp³-hybridized carbons (Fsp3) is 0.200. The van der Waals surface area contributed by atoms with Gasteiger partial charge >= 0.3 is 0 Å². The molecular weight excluding hydrogens is 196 g/mol. The van der Waals surface area contributed by atoms with Crippen molar-refractivity contribution in [3.8, 4) is 0 Å². The van der Waals surface area contributed by atoms with Gasteiger partial charge in [0.1, 0.15) is 0 Å². The van der Waals surface area contributed by atoms with Gasteiger partial charge in [-0.25, -0.2) is 4.98 Å². The van der Waals surface area contributed by atoms with Crippen molar-refractivity contribution in [2.24, 2.45) is 7.05 Å². The predicted octanol–water partition coefficient (Wildman–Crippen LogP) is 1.53. The summed E-state index contributed by atoms with van der Waals surface area (Å²) in [4.78, 5) is 16.1. The number of hydrogen-bond acceptors (Lipinski definition) is 3. The van der Waals surface area contributed by atoms with Crippen LogP contribution < -0.4 is 5.56 Å². The SMILES string of the molecule is Cc1cccc2nc(S)n(C)c(=O)c12. The third kappa shape index (κ3) is 1.23. The summed E-state index contributed by atoms with van der Waals surface area (Å²) in [6.45, 7) is 1.91. The quantitative estimate of drug-likeness (QED) is 0.524. The lowest BCUT2D eigenvalue weighted by Crippen LogP contribution is -2.19. The van der Waals surface area contributed by atoms with Gasteiger partial charge in [-0.1, -0.05) is 12.1 Å². The van der Waals surface area contributed by atoms with Crippen molar-refractivity contribution in [1.82, 2.24) is 9.55 Å². The van der Waals surface area contributed by atoms with Crippen LogP contribution >= 0.6 is 12.6 Å². The lowest BCUT2D eigenvalue weighted by Gasteiger charge is -2.05. The highest BCUT2D eigenvalue weighted by molar-refractivity contribution is 7.80. The number of rotatable bonds is 0. The number of nitrogens with zero attached hydrogens (tertiary/aromatic N) is 2. The molecule has 0 bridgehead atoms. The molecular formula is C10H10N2OS. The molecule has 0 saturated carbocycles. The van der Waals surface area contributed by atoms with Crippen molar-refractivity contribution in [1.29, 1.82) is 0 Å². The predicted molar refractivity (Wildman–Crippen MR) is 59.0 cm³/mol. The molecule has 0 saturated heterocycles. The zero-order chi connectivity index (χ0) is 10.3. The Morgan fingerprint density at radius 2 is 2.14 bits per heavy atom. The Morgan fingerprint density at radius 1 is 1.43 bits per heavy atom. The van der Waals surface area contributed by atoms with Crippen LogP contribution in [0.15, 0.2) is 28.2 Å². The second-order valence-electron chi connectivity index (χ2n) is 3.25. The Bertz CT molecular complexity index is 560. The molecule has 1 aromatic heterocycles. The van der Waals surface area contributed by atoms with Gasteiger partial charge in [-0.15, -0.1) is 12.6 Å². The Kier molecular flexibility index (Phi) is 2.07. The van der Waals surface area contributed by atoms with E-state index >= 15 is 0 Å². The highest BCUT2D eigenvalue weighted by atomic mass is 32.1. The average Bonchev–Trinajstić information content (AvgIpc) is 2.14. The molecule has 2 rings (SSSR count). The largest absolute Gasteiger partial charge is 0.290 e. The summed E-state index contributed by atoms with van der Waals surface area (Å²) in [5.74, 6) is 0. The van der Waals surface area contributed by atoms with Gasteiger partial charge in [-0.2, -0.15) is 0 Å². The fourth-order valence-electron chi connectivity index (χ4n) is 1.46. The number of aryl methyl sites for hydroxylation is 1. The second-order valence-corrected chi connectivity index (χ2v) is 3.65. The van der Waals surface area contributed by atoms with Gasteiger partial charge in [0.15, 0.2) is 5.16 Å². The third-order valence-corrected chi connectivity index (χ3v) is 2.69. The van der Waals surface area contributed by atoms with Crippen molar-refractivity contribution >= 4 is 23.5 Å². The van der Waals surface area contributed by atoms with E-state index in [2.05, 4.69) is 17.6 Å². The third-order valence-electron chi connectivity index (χ3n) is 2.29. The summed E-state index contributed by atoms with van der Waals surface area (Å²) >= 11 is 4.13. The molecule has 0 fully saturated rings. The minimum absolute atomic E-state index is 0.0434. The number of thiol groups is 1. The van der Waals surface area contributed by atoms with Crippen molar-refractivity contribution in [3.63, 3.8) is 0 Å². The maximum atomic E-state index is 11.8. The highest BCUT2D eigenvalue weighted by Gasteiger charge is 2.06. The summed E-state index contributed by atoms with van der Waals surface area (Å²) in [6.07, 6.45) is 0. The first kappa shape index (κ1) is 9.27. The molecule has 0 amide bonds. The van der Waals surface area contributed by atoms with Crippen LogP contribution in [0.3, 0.4) is 0 Å². The minimum atomic E-state index is -0.0434. The van der Waals surface area contributed by atoms with Crippen LogP contribution in [0.25, 0.3) is 10.9 Å². The fourth-order valence-corrected chi connectivity index (χ4v) is 1.66. The number of aromatic nitrogens is 2. The van der Waals surface area contributed by atoms with E-state index in [0.717, 1.165) is 5.56 Å². The number of fused-ring (bicyclic) bond motifs is 1. The van der Waals surface area contributed by atoms with Crippen LogP contribution in [0.5, 0.6) is 0 Å². The van der Waals surface area contributed by atoms with E-state index in [1.54, 1.807) is 7.05 Å². The normalized spacial score (nSPS) is 10.8. The summed E-state index contributed by atoms with van der Waals surface area (Å²) in [7, 11) is 1.67. The van der Waals surface area contributed by atoms with E-state index in [0.29, 0.717) is 16.1 Å². The first-order valence-corrected chi connectivity index (χ1v) is 4.71. The first-order valence-electron chi connectivity index (χ1n) is 4.26. The molecule has 0 N–H and O–H groups in total. The zero-order valence-corrected chi connectivity index (χ0v) is 8.88. The molecule has 1 heterocycles. The molecule has 72 valence electrons. The molecule has 0 aliphatic heterocycles. The Morgan fingerprint density at radius 3 is 2.86 bits per heavy atom. The standard InChI is InChI=1S/C10H10N2OS/c1-6-4-3-5-7-8(6)9(13)12(2)10(14)11-7/h3-5H,1-2H3,(H,11,14). The molecule has 0 unspecified atom stereocenters. The molecule has 14 heavy (non-hydrogen) atoms. The van der Waals surface area contributed by atoms with Crippen LogP contribution in [0, 0.1) is 6.92 Å². The summed E-state index contributed by atoms with van der Waals surface area (Å²) in [6, 6.07) is 5.62. The number of benzene rings is 1. The molecule has 0 spiro atoms. The van der Waals surface area contributed by atoms with E-state index < -0.39 is 0 Å². The maximum absolute atomic E-state index is 11.8. The van der Waals surface area contributed by atoms with Gasteiger partial charge in [-0.05, 0) is 18.6 Å². The van der Waals surface area contributed by atoms with Gasteiger partial charge in [0.25, 0.3) is 5.56 Å². The maximum Gasteiger partial charge on any atom is 0.262 e. The minimum Gasteiger partial charge on any atom is -0.290 e. The molecule has 2 aromatic rings. The van der Waals surface area contributed by atoms with E-state index in [1.807, 2.05) is 25.1 Å². The average molecular weight is 206 g/mol. The van der Waals surface area contributed by atoms with Crippen LogP contribution in [0.1, 0.15) is 5.56 Å². The van der Waals surface area contributed by atoms with Crippen molar-refractivity contribution < 1.29 is 0 Å². The van der Waals surface area contributed by atoms with Crippen LogP contribution in [-0.4, -0.2) is 9.55 Å².